The van der Waals surface area contributed by atoms with Crippen LogP contribution in [0, 0.1) is 13.8 Å². The van der Waals surface area contributed by atoms with Gasteiger partial charge in [-0.1, -0.05) is 36.2 Å². The van der Waals surface area contributed by atoms with Gasteiger partial charge in [-0.15, -0.1) is 11.3 Å². The van der Waals surface area contributed by atoms with E-state index in [1.165, 1.54) is 30.2 Å². The van der Waals surface area contributed by atoms with Gasteiger partial charge in [0.05, 0.1) is 23.9 Å². The predicted molar refractivity (Wildman–Crippen MR) is 128 cm³/mol. The van der Waals surface area contributed by atoms with Crippen LogP contribution in [-0.2, 0) is 4.79 Å². The molecular weight excluding hydrogens is 454 g/mol. The Morgan fingerprint density at radius 1 is 1.35 bits per heavy atom. The van der Waals surface area contributed by atoms with Crippen LogP contribution >= 0.6 is 34.7 Å². The van der Waals surface area contributed by atoms with Gasteiger partial charge in [-0.2, -0.15) is 0 Å². The van der Waals surface area contributed by atoms with Gasteiger partial charge in [-0.3, -0.25) is 14.2 Å². The van der Waals surface area contributed by atoms with E-state index in [0.717, 1.165) is 41.0 Å². The number of methoxy groups -OCH3 is 1. The van der Waals surface area contributed by atoms with Crippen LogP contribution in [0.3, 0.4) is 0 Å². The minimum atomic E-state index is -0.212. The number of aromatic nitrogens is 2. The number of anilines is 1. The molecule has 4 rings (SSSR count). The van der Waals surface area contributed by atoms with Crippen molar-refractivity contribution in [2.45, 2.75) is 50.7 Å². The SMILES string of the molecule is COc1ccc(Cl)cc1NC(=O)CSc1nc2sc(C)c(C)c2c(=O)n1C1CCCC1. The van der Waals surface area contributed by atoms with Crippen LogP contribution < -0.4 is 15.6 Å². The van der Waals surface area contributed by atoms with Gasteiger partial charge >= 0.3 is 0 Å². The first-order valence-corrected chi connectivity index (χ1v) is 12.4. The molecule has 31 heavy (non-hydrogen) atoms. The summed E-state index contributed by atoms with van der Waals surface area (Å²) >= 11 is 8.88. The standard InChI is InChI=1S/C22H24ClN3O3S2/c1-12-13(2)31-20-19(12)21(28)26(15-6-4-5-7-15)22(25-20)30-11-18(27)24-16-10-14(23)8-9-17(16)29-3/h8-10,15H,4-7,11H2,1-3H3,(H,24,27). The highest BCUT2D eigenvalue weighted by molar-refractivity contribution is 7.99. The molecule has 2 heterocycles. The zero-order valence-corrected chi connectivity index (χ0v) is 20.0. The summed E-state index contributed by atoms with van der Waals surface area (Å²) in [4.78, 5) is 32.7. The fourth-order valence-corrected chi connectivity index (χ4v) is 6.08. The zero-order chi connectivity index (χ0) is 22.1. The van der Waals surface area contributed by atoms with Gasteiger partial charge in [0.15, 0.2) is 5.16 Å². The highest BCUT2D eigenvalue weighted by Crippen LogP contribution is 2.35. The lowest BCUT2D eigenvalue weighted by Gasteiger charge is -2.18. The lowest BCUT2D eigenvalue weighted by atomic mass is 10.2. The van der Waals surface area contributed by atoms with Gasteiger partial charge in [0.25, 0.3) is 5.56 Å². The van der Waals surface area contributed by atoms with Crippen LogP contribution in [0.5, 0.6) is 5.75 Å². The molecule has 0 bridgehead atoms. The molecule has 0 unspecified atom stereocenters. The number of halogens is 1. The van der Waals surface area contributed by atoms with Gasteiger partial charge in [0.2, 0.25) is 5.91 Å². The van der Waals surface area contributed by atoms with Crippen LogP contribution in [0.15, 0.2) is 28.2 Å². The normalized spacial score (nSPS) is 14.3. The molecule has 1 N–H and O–H groups in total. The molecular formula is C22H24ClN3O3S2. The molecule has 3 aromatic rings. The second kappa shape index (κ2) is 9.22. The summed E-state index contributed by atoms with van der Waals surface area (Å²) in [6.45, 7) is 3.99. The third-order valence-electron chi connectivity index (χ3n) is 5.66. The van der Waals surface area contributed by atoms with Gasteiger partial charge in [0.1, 0.15) is 10.6 Å². The van der Waals surface area contributed by atoms with Gasteiger partial charge < -0.3 is 10.1 Å². The van der Waals surface area contributed by atoms with Crippen molar-refractivity contribution in [3.05, 3.63) is 44.0 Å². The topological polar surface area (TPSA) is 73.2 Å². The molecule has 2 aromatic heterocycles. The second-order valence-electron chi connectivity index (χ2n) is 7.65. The van der Waals surface area contributed by atoms with E-state index in [1.54, 1.807) is 18.2 Å². The number of ether oxygens (including phenoxy) is 1. The van der Waals surface area contributed by atoms with Crippen molar-refractivity contribution in [2.75, 3.05) is 18.2 Å². The summed E-state index contributed by atoms with van der Waals surface area (Å²) in [5, 5.41) is 4.68. The molecule has 1 aromatic carbocycles. The summed E-state index contributed by atoms with van der Waals surface area (Å²) in [6, 6.07) is 5.20. The molecule has 1 amide bonds. The molecule has 1 saturated carbocycles. The second-order valence-corrected chi connectivity index (χ2v) is 10.2. The van der Waals surface area contributed by atoms with Crippen LogP contribution in [0.1, 0.15) is 42.2 Å². The Balaban J connectivity index is 1.62. The maximum Gasteiger partial charge on any atom is 0.263 e. The summed E-state index contributed by atoms with van der Waals surface area (Å²) < 4.78 is 7.12. The van der Waals surface area contributed by atoms with E-state index in [-0.39, 0.29) is 23.3 Å². The first kappa shape index (κ1) is 22.2. The number of amides is 1. The Morgan fingerprint density at radius 3 is 2.81 bits per heavy atom. The highest BCUT2D eigenvalue weighted by atomic mass is 35.5. The summed E-state index contributed by atoms with van der Waals surface area (Å²) in [5.41, 5.74) is 1.53. The molecule has 1 fully saturated rings. The fraction of sp³-hybridized carbons (Fsp3) is 0.409. The van der Waals surface area contributed by atoms with Crippen LogP contribution in [-0.4, -0.2) is 28.3 Å². The van der Waals surface area contributed by atoms with Crippen molar-refractivity contribution >= 4 is 56.5 Å². The van der Waals surface area contributed by atoms with Crippen molar-refractivity contribution < 1.29 is 9.53 Å². The summed E-state index contributed by atoms with van der Waals surface area (Å²) in [7, 11) is 1.54. The molecule has 0 atom stereocenters. The average Bonchev–Trinajstić information content (AvgIpc) is 3.35. The summed E-state index contributed by atoms with van der Waals surface area (Å²) in [6.07, 6.45) is 4.15. The van der Waals surface area contributed by atoms with E-state index in [4.69, 9.17) is 21.3 Å². The Kier molecular flexibility index (Phi) is 6.60. The predicted octanol–water partition coefficient (Wildman–Crippen LogP) is 5.58. The van der Waals surface area contributed by atoms with Gasteiger partial charge in [-0.25, -0.2) is 4.98 Å². The van der Waals surface area contributed by atoms with E-state index in [2.05, 4.69) is 5.32 Å². The Hall–Kier alpha value is -2.03. The molecule has 0 aliphatic heterocycles. The smallest absolute Gasteiger partial charge is 0.263 e. The van der Waals surface area contributed by atoms with E-state index in [1.807, 2.05) is 18.4 Å². The zero-order valence-electron chi connectivity index (χ0n) is 17.7. The molecule has 6 nitrogen and oxygen atoms in total. The maximum atomic E-state index is 13.4. The highest BCUT2D eigenvalue weighted by Gasteiger charge is 2.25. The van der Waals surface area contributed by atoms with E-state index in [9.17, 15) is 9.59 Å². The van der Waals surface area contributed by atoms with Crippen molar-refractivity contribution in [3.8, 4) is 5.75 Å². The average molecular weight is 478 g/mol. The fourth-order valence-electron chi connectivity index (χ4n) is 3.97. The number of hydrogen-bond acceptors (Lipinski definition) is 6. The molecule has 0 saturated heterocycles. The molecule has 0 radical (unpaired) electrons. The number of rotatable bonds is 6. The molecule has 9 heteroatoms. The quantitative estimate of drug-likeness (QED) is 0.370. The largest absolute Gasteiger partial charge is 0.495 e. The van der Waals surface area contributed by atoms with Crippen molar-refractivity contribution in [1.29, 1.82) is 0 Å². The van der Waals surface area contributed by atoms with E-state index >= 15 is 0 Å². The third kappa shape index (κ3) is 4.47. The number of nitrogens with zero attached hydrogens (tertiary/aromatic N) is 2. The first-order chi connectivity index (χ1) is 14.9. The molecule has 1 aliphatic carbocycles. The number of benzene rings is 1. The minimum Gasteiger partial charge on any atom is -0.495 e. The number of nitrogens with one attached hydrogen (secondary N) is 1. The number of hydrogen-bond donors (Lipinski definition) is 1. The number of carbonyl (C=O) groups excluding carboxylic acids is 1. The number of carbonyl (C=O) groups is 1. The lowest BCUT2D eigenvalue weighted by molar-refractivity contribution is -0.113. The van der Waals surface area contributed by atoms with E-state index < -0.39 is 0 Å². The first-order valence-electron chi connectivity index (χ1n) is 10.2. The van der Waals surface area contributed by atoms with E-state index in [0.29, 0.717) is 27.0 Å². The number of fused-ring (bicyclic) bond motifs is 1. The number of aryl methyl sites for hydroxylation is 2. The van der Waals surface area contributed by atoms with Crippen LogP contribution in [0.4, 0.5) is 5.69 Å². The summed E-state index contributed by atoms with van der Waals surface area (Å²) in [5.74, 6) is 0.454. The molecule has 0 spiro atoms. The minimum absolute atomic E-state index is 0.0122. The van der Waals surface area contributed by atoms with Crippen molar-refractivity contribution in [3.63, 3.8) is 0 Å². The van der Waals surface area contributed by atoms with Crippen molar-refractivity contribution in [1.82, 2.24) is 9.55 Å². The molecule has 164 valence electrons. The van der Waals surface area contributed by atoms with Crippen molar-refractivity contribution in [2.24, 2.45) is 0 Å². The van der Waals surface area contributed by atoms with Crippen LogP contribution in [0.25, 0.3) is 10.2 Å². The Morgan fingerprint density at radius 2 is 2.10 bits per heavy atom. The van der Waals surface area contributed by atoms with Crippen LogP contribution in [0.2, 0.25) is 5.02 Å². The monoisotopic (exact) mass is 477 g/mol. The Bertz CT molecular complexity index is 1200. The molecule has 1 aliphatic rings. The Labute approximate surface area is 194 Å². The maximum absolute atomic E-state index is 13.4. The van der Waals surface area contributed by atoms with Gasteiger partial charge in [0, 0.05) is 15.9 Å². The lowest BCUT2D eigenvalue weighted by Crippen LogP contribution is -2.27. The van der Waals surface area contributed by atoms with Gasteiger partial charge in [-0.05, 0) is 50.5 Å². The number of thiophene rings is 1. The number of thioether (sulfide) groups is 1. The third-order valence-corrected chi connectivity index (χ3v) is 7.95.